The molecule has 0 fully saturated rings. The number of allylic oxidation sites excluding steroid dienone is 1. The number of nitrogens with one attached hydrogen (secondary N) is 1. The van der Waals surface area contributed by atoms with Gasteiger partial charge in [0.15, 0.2) is 16.6 Å². The zero-order valence-electron chi connectivity index (χ0n) is 21.8. The molecule has 1 unspecified atom stereocenters. The van der Waals surface area contributed by atoms with E-state index in [-0.39, 0.29) is 15.6 Å². The van der Waals surface area contributed by atoms with Gasteiger partial charge in [0.05, 0.1) is 6.61 Å². The number of rotatable bonds is 13. The molecule has 3 nitrogen and oxygen atoms in total. The highest BCUT2D eigenvalue weighted by atomic mass is 28.4. The van der Waals surface area contributed by atoms with Gasteiger partial charge in [-0.2, -0.15) is 0 Å². The first-order valence-electron chi connectivity index (χ1n) is 11.8. The standard InChI is InChI=1S/C26H49NO2Si2/c1-11-12-18-26(20-19-25(5,6)30(7,8)28,22-29-31(9,10)24(2,3)4)27-21-23-16-14-13-15-17-23/h11,13-17,27-28H,1,12,18-22H2,2-10H3. The molecule has 0 aliphatic rings. The van der Waals surface area contributed by atoms with Crippen molar-refractivity contribution in [2.75, 3.05) is 6.61 Å². The van der Waals surface area contributed by atoms with Crippen LogP contribution < -0.4 is 5.32 Å². The van der Waals surface area contributed by atoms with Crippen LogP contribution in [0.1, 0.15) is 65.9 Å². The van der Waals surface area contributed by atoms with Crippen LogP contribution in [-0.4, -0.2) is 33.6 Å². The lowest BCUT2D eigenvalue weighted by Gasteiger charge is -2.44. The second-order valence-corrected chi connectivity index (χ2v) is 21.2. The summed E-state index contributed by atoms with van der Waals surface area (Å²) in [5, 5.41) is 4.03. The average Bonchev–Trinajstić information content (AvgIpc) is 2.66. The lowest BCUT2D eigenvalue weighted by molar-refractivity contribution is 0.139. The molecule has 0 saturated carbocycles. The van der Waals surface area contributed by atoms with Crippen molar-refractivity contribution in [2.45, 2.75) is 109 Å². The van der Waals surface area contributed by atoms with Gasteiger partial charge in [-0.05, 0) is 67.5 Å². The third-order valence-corrected chi connectivity index (χ3v) is 15.8. The molecular formula is C26H49NO2Si2. The van der Waals surface area contributed by atoms with Crippen molar-refractivity contribution in [2.24, 2.45) is 0 Å². The Kier molecular flexibility index (Phi) is 9.98. The fourth-order valence-electron chi connectivity index (χ4n) is 3.15. The minimum atomic E-state index is -2.27. The molecule has 0 amide bonds. The van der Waals surface area contributed by atoms with Crippen LogP contribution in [0.3, 0.4) is 0 Å². The van der Waals surface area contributed by atoms with Gasteiger partial charge in [-0.1, -0.05) is 71.0 Å². The summed E-state index contributed by atoms with van der Waals surface area (Å²) in [6.45, 7) is 25.6. The van der Waals surface area contributed by atoms with Gasteiger partial charge in [0.1, 0.15) is 0 Å². The van der Waals surface area contributed by atoms with Crippen molar-refractivity contribution in [1.29, 1.82) is 0 Å². The Morgan fingerprint density at radius 1 is 0.968 bits per heavy atom. The third kappa shape index (κ3) is 8.62. The molecule has 0 heterocycles. The molecule has 0 aliphatic heterocycles. The minimum Gasteiger partial charge on any atom is -0.432 e. The second-order valence-electron chi connectivity index (χ2n) is 11.9. The Morgan fingerprint density at radius 3 is 2.03 bits per heavy atom. The topological polar surface area (TPSA) is 41.5 Å². The Labute approximate surface area is 195 Å². The Bertz CT molecular complexity index is 643. The summed E-state index contributed by atoms with van der Waals surface area (Å²) >= 11 is 0. The number of hydrogen-bond donors (Lipinski definition) is 2. The van der Waals surface area contributed by atoms with Crippen molar-refractivity contribution < 1.29 is 9.22 Å². The SMILES string of the molecule is C=CCCC(CCC(C)(C)[Si](C)(C)O)(CO[Si](C)(C)C(C)(C)C)NCc1ccccc1. The van der Waals surface area contributed by atoms with Crippen molar-refractivity contribution in [3.63, 3.8) is 0 Å². The van der Waals surface area contributed by atoms with Crippen molar-refractivity contribution in [3.05, 3.63) is 48.6 Å². The molecule has 0 aliphatic carbocycles. The Hall–Kier alpha value is -0.726. The van der Waals surface area contributed by atoms with E-state index in [9.17, 15) is 4.80 Å². The van der Waals surface area contributed by atoms with E-state index in [0.29, 0.717) is 6.61 Å². The number of hydrogen-bond acceptors (Lipinski definition) is 3. The van der Waals surface area contributed by atoms with Crippen LogP contribution >= 0.6 is 0 Å². The zero-order valence-corrected chi connectivity index (χ0v) is 23.8. The monoisotopic (exact) mass is 463 g/mol. The highest BCUT2D eigenvalue weighted by Gasteiger charge is 2.43. The number of benzene rings is 1. The largest absolute Gasteiger partial charge is 0.432 e. The molecule has 0 radical (unpaired) electrons. The van der Waals surface area contributed by atoms with E-state index < -0.39 is 16.6 Å². The molecule has 0 aromatic heterocycles. The van der Waals surface area contributed by atoms with Gasteiger partial charge in [0.2, 0.25) is 0 Å². The van der Waals surface area contributed by atoms with E-state index in [1.54, 1.807) is 0 Å². The summed E-state index contributed by atoms with van der Waals surface area (Å²) in [5.41, 5.74) is 1.14. The first-order valence-corrected chi connectivity index (χ1v) is 17.7. The normalized spacial score (nSPS) is 15.5. The molecular weight excluding hydrogens is 414 g/mol. The van der Waals surface area contributed by atoms with E-state index >= 15 is 0 Å². The average molecular weight is 464 g/mol. The van der Waals surface area contributed by atoms with Gasteiger partial charge in [-0.15, -0.1) is 6.58 Å². The van der Waals surface area contributed by atoms with Gasteiger partial charge in [0, 0.05) is 12.1 Å². The maximum Gasteiger partial charge on any atom is 0.192 e. The summed E-state index contributed by atoms with van der Waals surface area (Å²) in [5.74, 6) is 0. The zero-order chi connectivity index (χ0) is 24.0. The van der Waals surface area contributed by atoms with E-state index in [4.69, 9.17) is 4.43 Å². The van der Waals surface area contributed by atoms with Gasteiger partial charge in [-0.3, -0.25) is 0 Å². The second kappa shape index (κ2) is 10.9. The molecule has 2 N–H and O–H groups in total. The Balaban J connectivity index is 3.17. The third-order valence-electron chi connectivity index (χ3n) is 7.74. The van der Waals surface area contributed by atoms with Gasteiger partial charge in [-0.25, -0.2) is 0 Å². The maximum atomic E-state index is 10.9. The van der Waals surface area contributed by atoms with Crippen LogP contribution in [0, 0.1) is 0 Å². The Morgan fingerprint density at radius 2 is 1.55 bits per heavy atom. The van der Waals surface area contributed by atoms with E-state index in [1.165, 1.54) is 5.56 Å². The predicted octanol–water partition coefficient (Wildman–Crippen LogP) is 7.26. The smallest absolute Gasteiger partial charge is 0.192 e. The quantitative estimate of drug-likeness (QED) is 0.239. The molecule has 0 bridgehead atoms. The first kappa shape index (κ1) is 28.3. The summed E-state index contributed by atoms with van der Waals surface area (Å²) < 4.78 is 6.79. The van der Waals surface area contributed by atoms with E-state index in [2.05, 4.69) is 103 Å². The fraction of sp³-hybridized carbons (Fsp3) is 0.692. The van der Waals surface area contributed by atoms with Crippen molar-refractivity contribution in [3.8, 4) is 0 Å². The molecule has 0 spiro atoms. The molecule has 178 valence electrons. The summed E-state index contributed by atoms with van der Waals surface area (Å²) in [7, 11) is -4.15. The van der Waals surface area contributed by atoms with Crippen LogP contribution in [-0.2, 0) is 11.0 Å². The van der Waals surface area contributed by atoms with Gasteiger partial charge in [0.25, 0.3) is 0 Å². The van der Waals surface area contributed by atoms with Crippen molar-refractivity contribution >= 4 is 16.6 Å². The van der Waals surface area contributed by atoms with Crippen LogP contribution in [0.15, 0.2) is 43.0 Å². The lowest BCUT2D eigenvalue weighted by Crippen LogP contribution is -2.54. The summed E-state index contributed by atoms with van der Waals surface area (Å²) in [4.78, 5) is 10.9. The molecule has 1 rings (SSSR count). The van der Waals surface area contributed by atoms with Crippen LogP contribution in [0.4, 0.5) is 0 Å². The predicted molar refractivity (Wildman–Crippen MR) is 142 cm³/mol. The molecule has 5 heteroatoms. The fourth-order valence-corrected chi connectivity index (χ4v) is 4.96. The van der Waals surface area contributed by atoms with Crippen LogP contribution in [0.2, 0.25) is 36.3 Å². The molecule has 1 aromatic rings. The molecule has 31 heavy (non-hydrogen) atoms. The van der Waals surface area contributed by atoms with E-state index in [1.807, 2.05) is 6.08 Å². The van der Waals surface area contributed by atoms with Crippen molar-refractivity contribution in [1.82, 2.24) is 5.32 Å². The molecule has 1 atom stereocenters. The molecule has 1 aromatic carbocycles. The van der Waals surface area contributed by atoms with Gasteiger partial charge < -0.3 is 14.5 Å². The van der Waals surface area contributed by atoms with E-state index in [0.717, 1.165) is 32.2 Å². The maximum absolute atomic E-state index is 10.9. The lowest BCUT2D eigenvalue weighted by atomic mass is 9.86. The minimum absolute atomic E-state index is 0.0577. The summed E-state index contributed by atoms with van der Waals surface area (Å²) in [6.07, 6.45) is 5.90. The summed E-state index contributed by atoms with van der Waals surface area (Å²) in [6, 6.07) is 10.6. The molecule has 0 saturated heterocycles. The van der Waals surface area contributed by atoms with Crippen LogP contribution in [0.5, 0.6) is 0 Å². The highest BCUT2D eigenvalue weighted by molar-refractivity contribution is 6.74. The highest BCUT2D eigenvalue weighted by Crippen LogP contribution is 2.43. The van der Waals surface area contributed by atoms with Gasteiger partial charge >= 0.3 is 0 Å². The first-order chi connectivity index (χ1) is 14.1. The van der Waals surface area contributed by atoms with Crippen LogP contribution in [0.25, 0.3) is 0 Å².